The number of nitrogens with zero attached hydrogens (tertiary/aromatic N) is 4. The summed E-state index contributed by atoms with van der Waals surface area (Å²) in [5.74, 6) is -1.26. The van der Waals surface area contributed by atoms with E-state index in [1.165, 1.54) is 4.90 Å². The number of nitrogens with two attached hydrogens (primary N) is 1. The van der Waals surface area contributed by atoms with E-state index in [1.54, 1.807) is 0 Å². The Hall–Kier alpha value is -1.71. The van der Waals surface area contributed by atoms with Gasteiger partial charge in [0.25, 0.3) is 0 Å². The Bertz CT molecular complexity index is 526. The van der Waals surface area contributed by atoms with Crippen LogP contribution in [0.2, 0.25) is 0 Å². The molecule has 0 atom stereocenters. The summed E-state index contributed by atoms with van der Waals surface area (Å²) in [7, 11) is 0. The number of amides is 1. The number of hydrogen-bond acceptors (Lipinski definition) is 4. The van der Waals surface area contributed by atoms with Crippen molar-refractivity contribution >= 4 is 23.1 Å². The number of rotatable bonds is 2. The third-order valence-electron chi connectivity index (χ3n) is 2.68. The molecule has 1 aromatic rings. The molecule has 2 heterocycles. The van der Waals surface area contributed by atoms with E-state index < -0.39 is 12.0 Å². The van der Waals surface area contributed by atoms with E-state index in [4.69, 9.17) is 5.73 Å². The first kappa shape index (κ1) is 13.7. The number of hydrogen-bond donors (Lipinski definition) is 1. The fraction of sp³-hybridized carbons (Fsp3) is 0.556. The first-order valence-electron chi connectivity index (χ1n) is 5.34. The molecule has 1 aliphatic heterocycles. The van der Waals surface area contributed by atoms with Crippen LogP contribution in [0.1, 0.15) is 18.1 Å². The van der Waals surface area contributed by atoms with Crippen LogP contribution < -0.4 is 5.73 Å². The maximum atomic E-state index is 12.6. The molecule has 0 radical (unpaired) electrons. The SMILES string of the molecule is NC(=S)CC(=O)N1CCn2c(nnc2C(F)(F)F)C1. The summed E-state index contributed by atoms with van der Waals surface area (Å²) in [5.41, 5.74) is 5.26. The number of carbonyl (C=O) groups is 1. The van der Waals surface area contributed by atoms with Crippen molar-refractivity contribution in [3.63, 3.8) is 0 Å². The Morgan fingerprint density at radius 3 is 2.63 bits per heavy atom. The van der Waals surface area contributed by atoms with Crippen molar-refractivity contribution in [3.05, 3.63) is 11.6 Å². The lowest BCUT2D eigenvalue weighted by molar-refractivity contribution is -0.148. The van der Waals surface area contributed by atoms with Crippen molar-refractivity contribution in [2.45, 2.75) is 25.7 Å². The van der Waals surface area contributed by atoms with Crippen molar-refractivity contribution in [3.8, 4) is 0 Å². The largest absolute Gasteiger partial charge is 0.451 e. The summed E-state index contributed by atoms with van der Waals surface area (Å²) >= 11 is 4.62. The molecule has 0 unspecified atom stereocenters. The summed E-state index contributed by atoms with van der Waals surface area (Å²) in [6.45, 7) is 0.125. The number of aromatic nitrogens is 3. The monoisotopic (exact) mass is 293 g/mol. The molecule has 0 spiro atoms. The number of carbonyl (C=O) groups excluding carboxylic acids is 1. The molecule has 0 saturated heterocycles. The van der Waals surface area contributed by atoms with E-state index in [2.05, 4.69) is 22.4 Å². The number of thiocarbonyl (C=S) groups is 1. The zero-order valence-corrected chi connectivity index (χ0v) is 10.5. The quantitative estimate of drug-likeness (QED) is 0.794. The van der Waals surface area contributed by atoms with E-state index >= 15 is 0 Å². The van der Waals surface area contributed by atoms with E-state index in [1.807, 2.05) is 0 Å². The summed E-state index contributed by atoms with van der Waals surface area (Å²) in [6.07, 6.45) is -4.65. The smallest absolute Gasteiger partial charge is 0.393 e. The van der Waals surface area contributed by atoms with E-state index in [0.717, 1.165) is 4.57 Å². The Balaban J connectivity index is 2.16. The van der Waals surface area contributed by atoms with Gasteiger partial charge in [0.15, 0.2) is 5.82 Å². The van der Waals surface area contributed by atoms with Gasteiger partial charge in [-0.15, -0.1) is 10.2 Å². The van der Waals surface area contributed by atoms with Gasteiger partial charge in [0.05, 0.1) is 18.0 Å². The predicted molar refractivity (Wildman–Crippen MR) is 61.8 cm³/mol. The molecule has 1 amide bonds. The van der Waals surface area contributed by atoms with Crippen LogP contribution >= 0.6 is 12.2 Å². The van der Waals surface area contributed by atoms with Gasteiger partial charge >= 0.3 is 6.18 Å². The highest BCUT2D eigenvalue weighted by Crippen LogP contribution is 2.29. The van der Waals surface area contributed by atoms with Gasteiger partial charge in [0, 0.05) is 13.1 Å². The average molecular weight is 293 g/mol. The Labute approximate surface area is 111 Å². The van der Waals surface area contributed by atoms with Gasteiger partial charge in [-0.2, -0.15) is 13.2 Å². The second kappa shape index (κ2) is 4.76. The Morgan fingerprint density at radius 2 is 2.05 bits per heavy atom. The summed E-state index contributed by atoms with van der Waals surface area (Å²) in [4.78, 5) is 13.1. The Kier molecular flexibility index (Phi) is 3.43. The first-order chi connectivity index (χ1) is 8.79. The van der Waals surface area contributed by atoms with Crippen molar-refractivity contribution in [1.29, 1.82) is 0 Å². The van der Waals surface area contributed by atoms with E-state index in [0.29, 0.717) is 0 Å². The second-order valence-electron chi connectivity index (χ2n) is 4.05. The summed E-state index contributed by atoms with van der Waals surface area (Å²) in [6, 6.07) is 0. The fourth-order valence-corrected chi connectivity index (χ4v) is 1.96. The fourth-order valence-electron chi connectivity index (χ4n) is 1.84. The minimum absolute atomic E-state index is 0.000248. The molecule has 1 aliphatic rings. The molecule has 0 aromatic carbocycles. The van der Waals surface area contributed by atoms with Crippen LogP contribution in [0.5, 0.6) is 0 Å². The van der Waals surface area contributed by atoms with Gasteiger partial charge in [-0.3, -0.25) is 4.79 Å². The molecule has 1 aromatic heterocycles. The molecular formula is C9H10F3N5OS. The van der Waals surface area contributed by atoms with Gasteiger partial charge in [-0.1, -0.05) is 12.2 Å². The molecule has 0 saturated carbocycles. The first-order valence-corrected chi connectivity index (χ1v) is 5.75. The molecule has 2 rings (SSSR count). The number of halogens is 3. The molecule has 0 fully saturated rings. The van der Waals surface area contributed by atoms with Gasteiger partial charge in [-0.25, -0.2) is 0 Å². The van der Waals surface area contributed by atoms with Crippen molar-refractivity contribution in [1.82, 2.24) is 19.7 Å². The standard InChI is InChI=1S/C9H10F3N5OS/c10-9(11,12)8-15-14-6-4-16(1-2-17(6)8)7(18)3-5(13)19/h1-4H2,(H2,13,19). The van der Waals surface area contributed by atoms with Crippen molar-refractivity contribution < 1.29 is 18.0 Å². The molecule has 19 heavy (non-hydrogen) atoms. The molecule has 0 bridgehead atoms. The molecule has 10 heteroatoms. The van der Waals surface area contributed by atoms with Gasteiger partial charge in [-0.05, 0) is 0 Å². The molecule has 104 valence electrons. The third-order valence-corrected chi connectivity index (χ3v) is 2.83. The number of alkyl halides is 3. The van der Waals surface area contributed by atoms with Crippen LogP contribution in [0.4, 0.5) is 13.2 Å². The normalized spacial score (nSPS) is 15.2. The zero-order chi connectivity index (χ0) is 14.2. The highest BCUT2D eigenvalue weighted by Gasteiger charge is 2.39. The lowest BCUT2D eigenvalue weighted by atomic mass is 10.3. The maximum absolute atomic E-state index is 12.6. The van der Waals surface area contributed by atoms with Crippen LogP contribution in [0.3, 0.4) is 0 Å². The van der Waals surface area contributed by atoms with Crippen LogP contribution in [0.15, 0.2) is 0 Å². The van der Waals surface area contributed by atoms with Crippen LogP contribution in [0.25, 0.3) is 0 Å². The average Bonchev–Trinajstić information content (AvgIpc) is 2.69. The highest BCUT2D eigenvalue weighted by atomic mass is 32.1. The Morgan fingerprint density at radius 1 is 1.37 bits per heavy atom. The molecule has 2 N–H and O–H groups in total. The molecular weight excluding hydrogens is 283 g/mol. The third kappa shape index (κ3) is 2.83. The lowest BCUT2D eigenvalue weighted by Gasteiger charge is -2.27. The van der Waals surface area contributed by atoms with Crippen molar-refractivity contribution in [2.75, 3.05) is 6.54 Å². The lowest BCUT2D eigenvalue weighted by Crippen LogP contribution is -2.40. The maximum Gasteiger partial charge on any atom is 0.451 e. The summed E-state index contributed by atoms with van der Waals surface area (Å²) in [5, 5.41) is 6.59. The zero-order valence-electron chi connectivity index (χ0n) is 9.65. The summed E-state index contributed by atoms with van der Waals surface area (Å²) < 4.78 is 38.8. The van der Waals surface area contributed by atoms with Gasteiger partial charge < -0.3 is 15.2 Å². The topological polar surface area (TPSA) is 77.0 Å². The molecule has 6 nitrogen and oxygen atoms in total. The van der Waals surface area contributed by atoms with Crippen LogP contribution in [-0.2, 0) is 24.1 Å². The minimum Gasteiger partial charge on any atom is -0.393 e. The minimum atomic E-state index is -4.55. The van der Waals surface area contributed by atoms with E-state index in [9.17, 15) is 18.0 Å². The van der Waals surface area contributed by atoms with Gasteiger partial charge in [0.1, 0.15) is 0 Å². The second-order valence-corrected chi connectivity index (χ2v) is 4.57. The van der Waals surface area contributed by atoms with Crippen LogP contribution in [-0.4, -0.2) is 37.1 Å². The predicted octanol–water partition coefficient (Wildman–Crippen LogP) is 0.315. The van der Waals surface area contributed by atoms with Crippen molar-refractivity contribution in [2.24, 2.45) is 5.73 Å². The highest BCUT2D eigenvalue weighted by molar-refractivity contribution is 7.80. The van der Waals surface area contributed by atoms with Crippen LogP contribution in [0, 0.1) is 0 Å². The van der Waals surface area contributed by atoms with E-state index in [-0.39, 0.29) is 42.8 Å². The molecule has 0 aliphatic carbocycles. The number of fused-ring (bicyclic) bond motifs is 1. The van der Waals surface area contributed by atoms with Gasteiger partial charge in [0.2, 0.25) is 11.7 Å².